The molecule has 1 heterocycles. The Morgan fingerprint density at radius 1 is 1.41 bits per heavy atom. The molecule has 0 bridgehead atoms. The topological polar surface area (TPSA) is 61.9 Å². The fraction of sp³-hybridized carbons (Fsp3) is 0.231. The predicted octanol–water partition coefficient (Wildman–Crippen LogP) is 2.78. The Balaban J connectivity index is 2.05. The van der Waals surface area contributed by atoms with Gasteiger partial charge in [-0.05, 0) is 37.6 Å². The van der Waals surface area contributed by atoms with Gasteiger partial charge in [-0.1, -0.05) is 0 Å². The van der Waals surface area contributed by atoms with Crippen molar-refractivity contribution in [3.63, 3.8) is 0 Å². The van der Waals surface area contributed by atoms with Crippen LogP contribution in [0.3, 0.4) is 0 Å². The van der Waals surface area contributed by atoms with Gasteiger partial charge in [0.05, 0.1) is 24.4 Å². The van der Waals surface area contributed by atoms with Gasteiger partial charge in [0.2, 0.25) is 5.89 Å². The van der Waals surface area contributed by atoms with E-state index in [9.17, 15) is 0 Å². The number of hydrogen-bond acceptors (Lipinski definition) is 4. The van der Waals surface area contributed by atoms with E-state index in [2.05, 4.69) is 16.4 Å². The lowest BCUT2D eigenvalue weighted by Gasteiger charge is -2.05. The first-order valence-corrected chi connectivity index (χ1v) is 5.35. The molecule has 0 unspecified atom stereocenters. The quantitative estimate of drug-likeness (QED) is 0.875. The second kappa shape index (κ2) is 4.71. The highest BCUT2D eigenvalue weighted by atomic mass is 16.4. The molecular formula is C13H13N3O. The van der Waals surface area contributed by atoms with Crippen molar-refractivity contribution in [3.8, 4) is 6.07 Å². The smallest absolute Gasteiger partial charge is 0.213 e. The van der Waals surface area contributed by atoms with Crippen LogP contribution in [-0.4, -0.2) is 4.98 Å². The first-order chi connectivity index (χ1) is 8.19. The largest absolute Gasteiger partial charge is 0.444 e. The van der Waals surface area contributed by atoms with Gasteiger partial charge in [0.1, 0.15) is 5.76 Å². The summed E-state index contributed by atoms with van der Waals surface area (Å²) in [5.41, 5.74) is 2.61. The molecule has 1 aromatic heterocycles. The van der Waals surface area contributed by atoms with Crippen LogP contribution in [-0.2, 0) is 6.54 Å². The third-order valence-corrected chi connectivity index (χ3v) is 2.46. The number of nitrogens with one attached hydrogen (secondary N) is 1. The molecule has 0 saturated carbocycles. The van der Waals surface area contributed by atoms with Gasteiger partial charge in [-0.25, -0.2) is 4.98 Å². The Labute approximate surface area is 99.9 Å². The average Bonchev–Trinajstić information content (AvgIpc) is 2.73. The zero-order valence-electron chi connectivity index (χ0n) is 9.82. The number of nitriles is 1. The number of nitrogens with zero attached hydrogens (tertiary/aromatic N) is 2. The van der Waals surface area contributed by atoms with Crippen LogP contribution in [0.5, 0.6) is 0 Å². The molecule has 1 aromatic carbocycles. The van der Waals surface area contributed by atoms with Gasteiger partial charge in [-0.3, -0.25) is 0 Å². The maximum atomic E-state index is 8.82. The van der Waals surface area contributed by atoms with Crippen LogP contribution in [0.4, 0.5) is 5.69 Å². The molecule has 4 heteroatoms. The second-order valence-corrected chi connectivity index (χ2v) is 3.86. The summed E-state index contributed by atoms with van der Waals surface area (Å²) in [7, 11) is 0. The molecule has 0 aliphatic carbocycles. The standard InChI is InChI=1S/C13H13N3O/c1-9-5-12(4-3-11(9)6-14)15-8-13-16-7-10(2)17-13/h3-5,7,15H,8H2,1-2H3. The molecule has 0 spiro atoms. The number of benzene rings is 1. The number of anilines is 1. The van der Waals surface area contributed by atoms with E-state index in [0.717, 1.165) is 17.0 Å². The summed E-state index contributed by atoms with van der Waals surface area (Å²) in [6.45, 7) is 4.32. The molecule has 0 saturated heterocycles. The van der Waals surface area contributed by atoms with Crippen molar-refractivity contribution in [2.45, 2.75) is 20.4 Å². The molecule has 0 fully saturated rings. The van der Waals surface area contributed by atoms with Crippen LogP contribution in [0.25, 0.3) is 0 Å². The zero-order valence-corrected chi connectivity index (χ0v) is 9.82. The van der Waals surface area contributed by atoms with Crippen molar-refractivity contribution in [2.24, 2.45) is 0 Å². The van der Waals surface area contributed by atoms with Crippen molar-refractivity contribution < 1.29 is 4.42 Å². The van der Waals surface area contributed by atoms with E-state index in [-0.39, 0.29) is 0 Å². The van der Waals surface area contributed by atoms with Crippen LogP contribution in [0.1, 0.15) is 22.8 Å². The van der Waals surface area contributed by atoms with Crippen molar-refractivity contribution in [2.75, 3.05) is 5.32 Å². The highest BCUT2D eigenvalue weighted by molar-refractivity contribution is 5.51. The molecule has 0 aliphatic rings. The Hall–Kier alpha value is -2.28. The molecule has 0 aliphatic heterocycles. The van der Waals surface area contributed by atoms with Crippen LogP contribution >= 0.6 is 0 Å². The minimum Gasteiger partial charge on any atom is -0.444 e. The van der Waals surface area contributed by atoms with E-state index < -0.39 is 0 Å². The van der Waals surface area contributed by atoms with Gasteiger partial charge >= 0.3 is 0 Å². The average molecular weight is 227 g/mol. The Morgan fingerprint density at radius 2 is 2.24 bits per heavy atom. The lowest BCUT2D eigenvalue weighted by molar-refractivity contribution is 0.479. The van der Waals surface area contributed by atoms with Crippen molar-refractivity contribution in [3.05, 3.63) is 47.2 Å². The summed E-state index contributed by atoms with van der Waals surface area (Å²) in [4.78, 5) is 4.11. The minimum atomic E-state index is 0.541. The molecule has 0 atom stereocenters. The minimum absolute atomic E-state index is 0.541. The molecule has 17 heavy (non-hydrogen) atoms. The van der Waals surface area contributed by atoms with E-state index in [4.69, 9.17) is 9.68 Å². The maximum Gasteiger partial charge on any atom is 0.213 e. The van der Waals surface area contributed by atoms with Gasteiger partial charge in [-0.2, -0.15) is 5.26 Å². The lowest BCUT2D eigenvalue weighted by Crippen LogP contribution is -2.00. The fourth-order valence-electron chi connectivity index (χ4n) is 1.56. The summed E-state index contributed by atoms with van der Waals surface area (Å²) in [6.07, 6.45) is 1.70. The first-order valence-electron chi connectivity index (χ1n) is 5.35. The number of aryl methyl sites for hydroxylation is 2. The number of hydrogen-bond donors (Lipinski definition) is 1. The van der Waals surface area contributed by atoms with Crippen molar-refractivity contribution in [1.82, 2.24) is 4.98 Å². The van der Waals surface area contributed by atoms with E-state index in [0.29, 0.717) is 18.0 Å². The van der Waals surface area contributed by atoms with Crippen molar-refractivity contribution in [1.29, 1.82) is 5.26 Å². The lowest BCUT2D eigenvalue weighted by atomic mass is 10.1. The van der Waals surface area contributed by atoms with Gasteiger partial charge in [0.15, 0.2) is 0 Å². The number of aromatic nitrogens is 1. The van der Waals surface area contributed by atoms with Gasteiger partial charge in [-0.15, -0.1) is 0 Å². The van der Waals surface area contributed by atoms with E-state index in [1.807, 2.05) is 26.0 Å². The molecule has 0 radical (unpaired) electrons. The first kappa shape index (κ1) is 11.2. The third kappa shape index (κ3) is 2.64. The summed E-state index contributed by atoms with van der Waals surface area (Å²) >= 11 is 0. The van der Waals surface area contributed by atoms with Gasteiger partial charge in [0, 0.05) is 5.69 Å². The second-order valence-electron chi connectivity index (χ2n) is 3.86. The Morgan fingerprint density at radius 3 is 2.82 bits per heavy atom. The summed E-state index contributed by atoms with van der Waals surface area (Å²) < 4.78 is 5.35. The third-order valence-electron chi connectivity index (χ3n) is 2.46. The van der Waals surface area contributed by atoms with Crippen LogP contribution < -0.4 is 5.32 Å². The maximum absolute atomic E-state index is 8.82. The van der Waals surface area contributed by atoms with E-state index >= 15 is 0 Å². The normalized spacial score (nSPS) is 9.94. The van der Waals surface area contributed by atoms with Gasteiger partial charge < -0.3 is 9.73 Å². The van der Waals surface area contributed by atoms with Crippen LogP contribution in [0, 0.1) is 25.2 Å². The molecule has 2 aromatic rings. The molecule has 0 amide bonds. The summed E-state index contributed by atoms with van der Waals surface area (Å²) in [6, 6.07) is 7.76. The summed E-state index contributed by atoms with van der Waals surface area (Å²) in [5, 5.41) is 12.0. The SMILES string of the molecule is Cc1cnc(CNc2ccc(C#N)c(C)c2)o1. The van der Waals surface area contributed by atoms with E-state index in [1.54, 1.807) is 12.3 Å². The zero-order chi connectivity index (χ0) is 12.3. The predicted molar refractivity (Wildman–Crippen MR) is 64.5 cm³/mol. The fourth-order valence-corrected chi connectivity index (χ4v) is 1.56. The monoisotopic (exact) mass is 227 g/mol. The molecule has 4 nitrogen and oxygen atoms in total. The summed E-state index contributed by atoms with van der Waals surface area (Å²) in [5.74, 6) is 1.46. The number of rotatable bonds is 3. The van der Waals surface area contributed by atoms with Crippen LogP contribution in [0.15, 0.2) is 28.8 Å². The van der Waals surface area contributed by atoms with Crippen LogP contribution in [0.2, 0.25) is 0 Å². The number of oxazole rings is 1. The molecule has 2 rings (SSSR count). The Bertz CT molecular complexity index is 566. The highest BCUT2D eigenvalue weighted by Crippen LogP contribution is 2.15. The Kier molecular flexibility index (Phi) is 3.10. The van der Waals surface area contributed by atoms with E-state index in [1.165, 1.54) is 0 Å². The molecular weight excluding hydrogens is 214 g/mol. The molecule has 86 valence electrons. The highest BCUT2D eigenvalue weighted by Gasteiger charge is 2.02. The molecule has 1 N–H and O–H groups in total. The van der Waals surface area contributed by atoms with Gasteiger partial charge in [0.25, 0.3) is 0 Å². The van der Waals surface area contributed by atoms with Crippen molar-refractivity contribution >= 4 is 5.69 Å².